The summed E-state index contributed by atoms with van der Waals surface area (Å²) in [5.74, 6) is -0.406. The molecule has 5 nitrogen and oxygen atoms in total. The number of aromatic carboxylic acids is 1. The largest absolute Gasteiger partial charge is 0.496 e. The molecular weight excluding hydrogens is 288 g/mol. The van der Waals surface area contributed by atoms with Crippen molar-refractivity contribution in [2.75, 3.05) is 12.4 Å². The summed E-state index contributed by atoms with van der Waals surface area (Å²) in [6, 6.07) is 5.35. The van der Waals surface area contributed by atoms with Crippen LogP contribution in [0.25, 0.3) is 0 Å². The summed E-state index contributed by atoms with van der Waals surface area (Å²) in [4.78, 5) is 14.7. The van der Waals surface area contributed by atoms with Gasteiger partial charge in [-0.05, 0) is 12.1 Å². The highest BCUT2D eigenvalue weighted by atomic mass is 35.5. The van der Waals surface area contributed by atoms with Crippen molar-refractivity contribution in [3.63, 3.8) is 0 Å². The molecule has 0 radical (unpaired) electrons. The lowest BCUT2D eigenvalue weighted by atomic mass is 10.2. The van der Waals surface area contributed by atoms with Crippen LogP contribution in [0.4, 0.5) is 5.00 Å². The number of methoxy groups -OCH3 is 1. The molecule has 0 aliphatic heterocycles. The molecule has 1 heterocycles. The summed E-state index contributed by atoms with van der Waals surface area (Å²) < 4.78 is 5.22. The number of hydrogen-bond donors (Lipinski definition) is 2. The molecule has 2 rings (SSSR count). The Hall–Kier alpha value is -1.79. The van der Waals surface area contributed by atoms with Crippen LogP contribution in [0.5, 0.6) is 5.75 Å². The van der Waals surface area contributed by atoms with E-state index in [2.05, 4.69) is 10.3 Å². The lowest BCUT2D eigenvalue weighted by Gasteiger charge is -2.11. The first-order valence-corrected chi connectivity index (χ1v) is 6.61. The Labute approximate surface area is 118 Å². The molecule has 0 fully saturated rings. The number of carboxylic acid groups (broad SMARTS) is 1. The molecular formula is C12H11ClN2O3S. The number of thiazole rings is 1. The Balaban J connectivity index is 2.19. The highest BCUT2D eigenvalue weighted by molar-refractivity contribution is 7.14. The molecule has 0 atom stereocenters. The van der Waals surface area contributed by atoms with Gasteiger partial charge in [0, 0.05) is 17.1 Å². The molecule has 2 aromatic rings. The van der Waals surface area contributed by atoms with Crippen molar-refractivity contribution >= 4 is 33.9 Å². The average molecular weight is 299 g/mol. The predicted molar refractivity (Wildman–Crippen MR) is 74.4 cm³/mol. The third kappa shape index (κ3) is 2.97. The minimum absolute atomic E-state index is 0.0102. The van der Waals surface area contributed by atoms with Crippen molar-refractivity contribution < 1.29 is 14.6 Å². The van der Waals surface area contributed by atoms with Crippen LogP contribution < -0.4 is 10.1 Å². The van der Waals surface area contributed by atoms with E-state index in [1.807, 2.05) is 0 Å². The zero-order valence-corrected chi connectivity index (χ0v) is 11.6. The highest BCUT2D eigenvalue weighted by Crippen LogP contribution is 2.28. The monoisotopic (exact) mass is 298 g/mol. The number of halogens is 1. The first kappa shape index (κ1) is 13.6. The minimum Gasteiger partial charge on any atom is -0.496 e. The van der Waals surface area contributed by atoms with Gasteiger partial charge in [0.1, 0.15) is 10.8 Å². The van der Waals surface area contributed by atoms with Crippen LogP contribution in [0.1, 0.15) is 16.1 Å². The minimum atomic E-state index is -1.06. The number of anilines is 1. The fraction of sp³-hybridized carbons (Fsp3) is 0.167. The van der Waals surface area contributed by atoms with Gasteiger partial charge in [-0.1, -0.05) is 17.7 Å². The fourth-order valence-corrected chi connectivity index (χ4v) is 2.50. The van der Waals surface area contributed by atoms with E-state index < -0.39 is 5.97 Å². The normalized spacial score (nSPS) is 10.2. The number of nitrogens with one attached hydrogen (secondary N) is 1. The second kappa shape index (κ2) is 5.90. The number of rotatable bonds is 5. The maximum absolute atomic E-state index is 10.9. The molecule has 0 spiro atoms. The van der Waals surface area contributed by atoms with Gasteiger partial charge in [-0.3, -0.25) is 0 Å². The molecule has 0 aliphatic carbocycles. The first-order chi connectivity index (χ1) is 9.13. The van der Waals surface area contributed by atoms with Crippen LogP contribution in [0, 0.1) is 0 Å². The third-order valence-electron chi connectivity index (χ3n) is 2.49. The number of hydrogen-bond acceptors (Lipinski definition) is 5. The van der Waals surface area contributed by atoms with Crippen molar-refractivity contribution in [3.05, 3.63) is 40.0 Å². The summed E-state index contributed by atoms with van der Waals surface area (Å²) in [5, 5.41) is 13.0. The van der Waals surface area contributed by atoms with E-state index >= 15 is 0 Å². The van der Waals surface area contributed by atoms with Crippen molar-refractivity contribution in [2.24, 2.45) is 0 Å². The third-order valence-corrected chi connectivity index (χ3v) is 3.63. The molecule has 0 saturated heterocycles. The number of carbonyl (C=O) groups is 1. The summed E-state index contributed by atoms with van der Waals surface area (Å²) in [6.45, 7) is 0.366. The molecule has 0 saturated carbocycles. The standard InChI is InChI=1S/C12H11ClN2O3S/c1-18-9-4-2-3-8(13)7(9)5-14-11-10(12(16)17)15-6-19-11/h2-4,6,14H,5H2,1H3,(H,16,17). The van der Waals surface area contributed by atoms with Gasteiger partial charge in [0.25, 0.3) is 0 Å². The molecule has 7 heteroatoms. The van der Waals surface area contributed by atoms with E-state index in [1.165, 1.54) is 16.8 Å². The molecule has 1 aromatic heterocycles. The van der Waals surface area contributed by atoms with Gasteiger partial charge in [0.05, 0.1) is 12.6 Å². The van der Waals surface area contributed by atoms with E-state index in [0.29, 0.717) is 22.3 Å². The smallest absolute Gasteiger partial charge is 0.357 e. The zero-order valence-electron chi connectivity index (χ0n) is 10.0. The first-order valence-electron chi connectivity index (χ1n) is 5.35. The van der Waals surface area contributed by atoms with Crippen LogP contribution in [0.15, 0.2) is 23.7 Å². The van der Waals surface area contributed by atoms with E-state index in [1.54, 1.807) is 25.3 Å². The van der Waals surface area contributed by atoms with E-state index in [0.717, 1.165) is 5.56 Å². The second-order valence-electron chi connectivity index (χ2n) is 3.61. The fourth-order valence-electron chi connectivity index (χ4n) is 1.59. The number of benzene rings is 1. The summed E-state index contributed by atoms with van der Waals surface area (Å²) in [7, 11) is 1.56. The van der Waals surface area contributed by atoms with Gasteiger partial charge in [-0.2, -0.15) is 0 Å². The van der Waals surface area contributed by atoms with E-state index in [9.17, 15) is 4.79 Å². The Kier molecular flexibility index (Phi) is 4.24. The van der Waals surface area contributed by atoms with Crippen LogP contribution in [-0.2, 0) is 6.54 Å². The molecule has 0 aliphatic rings. The van der Waals surface area contributed by atoms with Crippen LogP contribution in [0.2, 0.25) is 5.02 Å². The van der Waals surface area contributed by atoms with Crippen molar-refractivity contribution in [3.8, 4) is 5.75 Å². The quantitative estimate of drug-likeness (QED) is 0.887. The van der Waals surface area contributed by atoms with Crippen LogP contribution in [0.3, 0.4) is 0 Å². The number of carboxylic acids is 1. The maximum atomic E-state index is 10.9. The van der Waals surface area contributed by atoms with E-state index in [4.69, 9.17) is 21.4 Å². The second-order valence-corrected chi connectivity index (χ2v) is 4.87. The lowest BCUT2D eigenvalue weighted by molar-refractivity contribution is 0.0692. The Morgan fingerprint density at radius 3 is 3.05 bits per heavy atom. The van der Waals surface area contributed by atoms with Gasteiger partial charge in [-0.25, -0.2) is 9.78 Å². The van der Waals surface area contributed by atoms with Crippen molar-refractivity contribution in [1.29, 1.82) is 0 Å². The Bertz CT molecular complexity index is 600. The molecule has 2 N–H and O–H groups in total. The van der Waals surface area contributed by atoms with Crippen LogP contribution >= 0.6 is 22.9 Å². The summed E-state index contributed by atoms with van der Waals surface area (Å²) in [6.07, 6.45) is 0. The zero-order chi connectivity index (χ0) is 13.8. The molecule has 1 aromatic carbocycles. The van der Waals surface area contributed by atoms with Crippen molar-refractivity contribution in [1.82, 2.24) is 4.98 Å². The number of nitrogens with zero attached hydrogens (tertiary/aromatic N) is 1. The van der Waals surface area contributed by atoms with Crippen LogP contribution in [-0.4, -0.2) is 23.2 Å². The molecule has 0 amide bonds. The van der Waals surface area contributed by atoms with Gasteiger partial charge in [0.2, 0.25) is 0 Å². The Morgan fingerprint density at radius 2 is 2.37 bits per heavy atom. The van der Waals surface area contributed by atoms with Gasteiger partial charge >= 0.3 is 5.97 Å². The van der Waals surface area contributed by atoms with Gasteiger partial charge in [0.15, 0.2) is 5.69 Å². The SMILES string of the molecule is COc1cccc(Cl)c1CNc1scnc1C(=O)O. The van der Waals surface area contributed by atoms with Gasteiger partial charge < -0.3 is 15.2 Å². The highest BCUT2D eigenvalue weighted by Gasteiger charge is 2.14. The summed E-state index contributed by atoms with van der Waals surface area (Å²) in [5.41, 5.74) is 2.27. The average Bonchev–Trinajstić information content (AvgIpc) is 2.85. The molecule has 0 bridgehead atoms. The number of aromatic nitrogens is 1. The molecule has 0 unspecified atom stereocenters. The topological polar surface area (TPSA) is 71.5 Å². The van der Waals surface area contributed by atoms with Crippen molar-refractivity contribution in [2.45, 2.75) is 6.54 Å². The summed E-state index contributed by atoms with van der Waals surface area (Å²) >= 11 is 7.33. The number of ether oxygens (including phenoxy) is 1. The maximum Gasteiger partial charge on any atom is 0.357 e. The van der Waals surface area contributed by atoms with E-state index in [-0.39, 0.29) is 5.69 Å². The predicted octanol–water partition coefficient (Wildman–Crippen LogP) is 3.12. The molecule has 19 heavy (non-hydrogen) atoms. The van der Waals surface area contributed by atoms with Gasteiger partial charge in [-0.15, -0.1) is 11.3 Å². The Morgan fingerprint density at radius 1 is 1.58 bits per heavy atom. The molecule has 100 valence electrons. The lowest BCUT2D eigenvalue weighted by Crippen LogP contribution is -2.06.